The zero-order valence-corrected chi connectivity index (χ0v) is 21.2. The van der Waals surface area contributed by atoms with Gasteiger partial charge in [0.15, 0.2) is 0 Å². The molecule has 2 atom stereocenters. The second-order valence-electron chi connectivity index (χ2n) is 7.41. The lowest BCUT2D eigenvalue weighted by Gasteiger charge is -2.30. The summed E-state index contributed by atoms with van der Waals surface area (Å²) in [7, 11) is 0. The lowest BCUT2D eigenvalue weighted by atomic mass is 10.1. The van der Waals surface area contributed by atoms with E-state index < -0.39 is 11.9 Å². The summed E-state index contributed by atoms with van der Waals surface area (Å²) in [6.45, 7) is 5.61. The topological polar surface area (TPSA) is 49.4 Å². The Morgan fingerprint density at radius 2 is 1.59 bits per heavy atom. The van der Waals surface area contributed by atoms with Crippen molar-refractivity contribution in [1.82, 2.24) is 10.2 Å². The summed E-state index contributed by atoms with van der Waals surface area (Å²) in [5, 5.41) is 4.04. The van der Waals surface area contributed by atoms with Crippen LogP contribution in [0.5, 0.6) is 0 Å². The van der Waals surface area contributed by atoms with Crippen LogP contribution in [-0.4, -0.2) is 34.6 Å². The smallest absolute Gasteiger partial charge is 0.242 e. The van der Waals surface area contributed by atoms with Gasteiger partial charge in [0, 0.05) is 44.5 Å². The number of halogens is 4. The van der Waals surface area contributed by atoms with Crippen LogP contribution in [0.4, 0.5) is 4.39 Å². The quantitative estimate of drug-likeness (QED) is 0.398. The highest BCUT2D eigenvalue weighted by Gasteiger charge is 2.28. The minimum atomic E-state index is -0.749. The fourth-order valence-electron chi connectivity index (χ4n) is 2.90. The number of amides is 2. The Labute approximate surface area is 207 Å². The van der Waals surface area contributed by atoms with E-state index in [1.807, 2.05) is 13.8 Å². The molecule has 2 amide bonds. The molecule has 0 aromatic heterocycles. The number of nitrogens with zero attached hydrogens (tertiary/aromatic N) is 1. The molecule has 1 N–H and O–H groups in total. The fourth-order valence-corrected chi connectivity index (χ4v) is 4.66. The van der Waals surface area contributed by atoms with Gasteiger partial charge >= 0.3 is 0 Å². The van der Waals surface area contributed by atoms with Crippen LogP contribution in [0.3, 0.4) is 0 Å². The zero-order valence-electron chi connectivity index (χ0n) is 18.1. The first-order valence-electron chi connectivity index (χ1n) is 10.2. The molecule has 0 aliphatic heterocycles. The molecular weight excluding hydrogens is 494 g/mol. The highest BCUT2D eigenvalue weighted by molar-refractivity contribution is 7.99. The summed E-state index contributed by atoms with van der Waals surface area (Å²) in [4.78, 5) is 27.3. The molecule has 2 aromatic rings. The summed E-state index contributed by atoms with van der Waals surface area (Å²) in [6, 6.07) is 8.78. The van der Waals surface area contributed by atoms with Crippen LogP contribution in [0.1, 0.15) is 38.3 Å². The van der Waals surface area contributed by atoms with E-state index in [4.69, 9.17) is 34.8 Å². The molecule has 2 rings (SSSR count). The van der Waals surface area contributed by atoms with Crippen molar-refractivity contribution >= 4 is 58.4 Å². The van der Waals surface area contributed by atoms with E-state index in [1.165, 1.54) is 28.8 Å². The van der Waals surface area contributed by atoms with E-state index in [-0.39, 0.29) is 35.9 Å². The van der Waals surface area contributed by atoms with Gasteiger partial charge in [-0.15, -0.1) is 11.8 Å². The van der Waals surface area contributed by atoms with Crippen molar-refractivity contribution in [1.29, 1.82) is 0 Å². The molecule has 0 saturated carbocycles. The number of hydrogen-bond acceptors (Lipinski definition) is 3. The van der Waals surface area contributed by atoms with E-state index in [0.717, 1.165) is 6.42 Å². The zero-order chi connectivity index (χ0) is 23.8. The predicted octanol–water partition coefficient (Wildman–Crippen LogP) is 6.35. The summed E-state index contributed by atoms with van der Waals surface area (Å²) >= 11 is 19.9. The maximum atomic E-state index is 14.0. The van der Waals surface area contributed by atoms with Gasteiger partial charge in [0.05, 0.1) is 5.75 Å². The van der Waals surface area contributed by atoms with Gasteiger partial charge in [-0.3, -0.25) is 9.59 Å². The molecule has 0 bridgehead atoms. The number of carbonyl (C=O) groups excluding carboxylic acids is 2. The molecule has 174 valence electrons. The minimum Gasteiger partial charge on any atom is -0.352 e. The lowest BCUT2D eigenvalue weighted by Crippen LogP contribution is -2.50. The summed E-state index contributed by atoms with van der Waals surface area (Å²) in [5.74, 6) is -0.708. The van der Waals surface area contributed by atoms with Gasteiger partial charge in [-0.05, 0) is 44.5 Å². The van der Waals surface area contributed by atoms with Gasteiger partial charge in [0.2, 0.25) is 11.8 Å². The number of nitrogens with one attached hydrogen (secondary N) is 1. The number of carbonyl (C=O) groups is 2. The third-order valence-corrected chi connectivity index (χ3v) is 7.10. The molecule has 0 aliphatic rings. The average molecular weight is 520 g/mol. The molecule has 0 heterocycles. The van der Waals surface area contributed by atoms with Crippen LogP contribution in [0.25, 0.3) is 0 Å². The van der Waals surface area contributed by atoms with Gasteiger partial charge in [-0.25, -0.2) is 4.39 Å². The maximum Gasteiger partial charge on any atom is 0.242 e. The van der Waals surface area contributed by atoms with Crippen LogP contribution in [0, 0.1) is 5.82 Å². The van der Waals surface area contributed by atoms with E-state index in [1.54, 1.807) is 31.2 Å². The summed E-state index contributed by atoms with van der Waals surface area (Å²) in [5.41, 5.74) is 0.907. The molecule has 0 fully saturated rings. The Bertz CT molecular complexity index is 920. The molecule has 9 heteroatoms. The number of thioether (sulfide) groups is 1. The van der Waals surface area contributed by atoms with Crippen LogP contribution in [0.2, 0.25) is 15.1 Å². The van der Waals surface area contributed by atoms with Crippen molar-refractivity contribution in [3.8, 4) is 0 Å². The number of benzene rings is 2. The van der Waals surface area contributed by atoms with Gasteiger partial charge < -0.3 is 10.2 Å². The largest absolute Gasteiger partial charge is 0.352 e. The molecule has 0 spiro atoms. The van der Waals surface area contributed by atoms with E-state index in [0.29, 0.717) is 26.2 Å². The molecular formula is C23H26Cl3FN2O2S. The minimum absolute atomic E-state index is 0.0247. The Morgan fingerprint density at radius 1 is 1.03 bits per heavy atom. The van der Waals surface area contributed by atoms with Crippen LogP contribution in [0.15, 0.2) is 36.4 Å². The van der Waals surface area contributed by atoms with E-state index in [2.05, 4.69) is 5.32 Å². The first kappa shape index (κ1) is 26.8. The molecule has 0 radical (unpaired) electrons. The molecule has 0 aliphatic carbocycles. The van der Waals surface area contributed by atoms with Crippen molar-refractivity contribution in [2.75, 3.05) is 5.75 Å². The fraction of sp³-hybridized carbons (Fsp3) is 0.391. The molecule has 0 unspecified atom stereocenters. The molecule has 2 aromatic carbocycles. The second kappa shape index (κ2) is 12.7. The van der Waals surface area contributed by atoms with Crippen LogP contribution in [-0.2, 0) is 21.9 Å². The Morgan fingerprint density at radius 3 is 2.16 bits per heavy atom. The van der Waals surface area contributed by atoms with Gasteiger partial charge in [0.1, 0.15) is 11.9 Å². The van der Waals surface area contributed by atoms with Crippen LogP contribution >= 0.6 is 46.6 Å². The number of hydrogen-bond donors (Lipinski definition) is 1. The standard InChI is InChI=1S/C23H26Cl3FN2O2S/c1-4-14(2)28-23(31)15(3)29(11-16-18(24)7-5-8-19(16)25)22(30)13-32-12-17-20(26)9-6-10-21(17)27/h5-10,14-15H,4,11-13H2,1-3H3,(H,28,31)/t14-,15-/m1/s1. The first-order valence-corrected chi connectivity index (χ1v) is 12.5. The van der Waals surface area contributed by atoms with Crippen molar-refractivity contribution in [3.63, 3.8) is 0 Å². The Hall–Kier alpha value is -1.47. The van der Waals surface area contributed by atoms with Gasteiger partial charge in [-0.2, -0.15) is 0 Å². The van der Waals surface area contributed by atoms with Gasteiger partial charge in [-0.1, -0.05) is 53.9 Å². The van der Waals surface area contributed by atoms with E-state index in [9.17, 15) is 14.0 Å². The number of rotatable bonds is 10. The molecule has 4 nitrogen and oxygen atoms in total. The molecule has 32 heavy (non-hydrogen) atoms. The predicted molar refractivity (Wildman–Crippen MR) is 132 cm³/mol. The van der Waals surface area contributed by atoms with Crippen molar-refractivity contribution in [3.05, 3.63) is 68.4 Å². The highest BCUT2D eigenvalue weighted by atomic mass is 35.5. The third kappa shape index (κ3) is 7.27. The van der Waals surface area contributed by atoms with Crippen molar-refractivity contribution in [2.45, 2.75) is 51.6 Å². The summed E-state index contributed by atoms with van der Waals surface area (Å²) in [6.07, 6.45) is 0.766. The maximum absolute atomic E-state index is 14.0. The lowest BCUT2D eigenvalue weighted by molar-refractivity contribution is -0.138. The molecule has 0 saturated heterocycles. The average Bonchev–Trinajstić information content (AvgIpc) is 2.74. The van der Waals surface area contributed by atoms with Crippen molar-refractivity contribution < 1.29 is 14.0 Å². The third-order valence-electron chi connectivity index (χ3n) is 5.09. The first-order chi connectivity index (χ1) is 15.1. The van der Waals surface area contributed by atoms with Crippen LogP contribution < -0.4 is 5.32 Å². The van der Waals surface area contributed by atoms with Crippen molar-refractivity contribution in [2.24, 2.45) is 0 Å². The van der Waals surface area contributed by atoms with E-state index >= 15 is 0 Å². The summed E-state index contributed by atoms with van der Waals surface area (Å²) < 4.78 is 14.0. The normalized spacial score (nSPS) is 12.8. The Balaban J connectivity index is 2.18. The second-order valence-corrected chi connectivity index (χ2v) is 9.62. The van der Waals surface area contributed by atoms with Gasteiger partial charge in [0.25, 0.3) is 0 Å². The monoisotopic (exact) mass is 518 g/mol. The SMILES string of the molecule is CC[C@@H](C)NC(=O)[C@@H](C)N(Cc1c(Cl)cccc1Cl)C(=O)CSCc1c(F)cccc1Cl. The Kier molecular flexibility index (Phi) is 10.6. The highest BCUT2D eigenvalue weighted by Crippen LogP contribution is 2.28.